The van der Waals surface area contributed by atoms with Gasteiger partial charge >= 0.3 is 0 Å². The van der Waals surface area contributed by atoms with Crippen molar-refractivity contribution in [3.63, 3.8) is 0 Å². The molecule has 126 valence electrons. The van der Waals surface area contributed by atoms with Crippen LogP contribution in [0.1, 0.15) is 38.7 Å². The molecule has 1 saturated carbocycles. The lowest BCUT2D eigenvalue weighted by Gasteiger charge is -2.23. The smallest absolute Gasteiger partial charge is 0.224 e. The van der Waals surface area contributed by atoms with Crippen LogP contribution in [0, 0.1) is 11.8 Å². The fourth-order valence-electron chi connectivity index (χ4n) is 2.68. The molecule has 0 aromatic heterocycles. The second kappa shape index (κ2) is 7.99. The molecule has 2 atom stereocenters. The monoisotopic (exact) mass is 318 g/mol. The van der Waals surface area contributed by atoms with E-state index in [4.69, 9.17) is 0 Å². The first-order chi connectivity index (χ1) is 11.0. The summed E-state index contributed by atoms with van der Waals surface area (Å²) in [5, 5.41) is 12.7. The molecule has 0 spiro atoms. The predicted octanol–water partition coefficient (Wildman–Crippen LogP) is 2.29. The lowest BCUT2D eigenvalue weighted by Crippen LogP contribution is -2.35. The number of rotatable bonds is 8. The largest absolute Gasteiger partial charge is 0.508 e. The molecule has 0 unspecified atom stereocenters. The Morgan fingerprint density at radius 2 is 2.04 bits per heavy atom. The molecule has 0 saturated heterocycles. The molecule has 5 nitrogen and oxygen atoms in total. The molecule has 1 aliphatic rings. The summed E-state index contributed by atoms with van der Waals surface area (Å²) in [5.74, 6) is 0.881. The second-order valence-electron chi connectivity index (χ2n) is 6.30. The van der Waals surface area contributed by atoms with Crippen molar-refractivity contribution in [1.29, 1.82) is 0 Å². The lowest BCUT2D eigenvalue weighted by molar-refractivity contribution is -0.132. The van der Waals surface area contributed by atoms with Crippen LogP contribution in [-0.4, -0.2) is 34.9 Å². The van der Waals surface area contributed by atoms with Gasteiger partial charge in [-0.2, -0.15) is 0 Å². The van der Waals surface area contributed by atoms with E-state index in [0.29, 0.717) is 32.0 Å². The Morgan fingerprint density at radius 3 is 2.65 bits per heavy atom. The van der Waals surface area contributed by atoms with Crippen molar-refractivity contribution in [2.75, 3.05) is 13.1 Å². The first-order valence-corrected chi connectivity index (χ1v) is 8.35. The van der Waals surface area contributed by atoms with Gasteiger partial charge in [-0.3, -0.25) is 9.59 Å². The van der Waals surface area contributed by atoms with Gasteiger partial charge in [0.25, 0.3) is 0 Å². The molecule has 1 aromatic carbocycles. The standard InChI is InChI=1S/C18H26N2O3/c1-3-10-20(12-14-6-4-5-7-16(14)21)17(22)8-9-19-18(23)15-11-13(15)2/h4-7,13,15,21H,3,8-12H2,1-2H3,(H,19,23)/t13-,15-/m1/s1. The van der Waals surface area contributed by atoms with Crippen LogP contribution in [0.3, 0.4) is 0 Å². The number of benzene rings is 1. The van der Waals surface area contributed by atoms with Crippen LogP contribution in [0.5, 0.6) is 5.75 Å². The molecular formula is C18H26N2O3. The molecular weight excluding hydrogens is 292 g/mol. The van der Waals surface area contributed by atoms with Gasteiger partial charge in [-0.1, -0.05) is 32.0 Å². The Bertz CT molecular complexity index is 559. The Balaban J connectivity index is 1.83. The topological polar surface area (TPSA) is 69.6 Å². The predicted molar refractivity (Wildman–Crippen MR) is 88.7 cm³/mol. The van der Waals surface area contributed by atoms with Crippen LogP contribution in [-0.2, 0) is 16.1 Å². The van der Waals surface area contributed by atoms with Gasteiger partial charge in [0.1, 0.15) is 5.75 Å². The summed E-state index contributed by atoms with van der Waals surface area (Å²) in [6, 6.07) is 7.06. The van der Waals surface area contributed by atoms with E-state index in [1.807, 2.05) is 19.1 Å². The van der Waals surface area contributed by atoms with E-state index in [1.54, 1.807) is 17.0 Å². The Kier molecular flexibility index (Phi) is 6.02. The number of phenols is 1. The Morgan fingerprint density at radius 1 is 1.35 bits per heavy atom. The van der Waals surface area contributed by atoms with Crippen LogP contribution in [0.25, 0.3) is 0 Å². The van der Waals surface area contributed by atoms with E-state index in [0.717, 1.165) is 18.4 Å². The van der Waals surface area contributed by atoms with Gasteiger partial charge in [0.2, 0.25) is 11.8 Å². The molecule has 1 fully saturated rings. The first kappa shape index (κ1) is 17.3. The number of hydrogen-bond donors (Lipinski definition) is 2. The van der Waals surface area contributed by atoms with Crippen molar-refractivity contribution >= 4 is 11.8 Å². The van der Waals surface area contributed by atoms with Crippen LogP contribution >= 0.6 is 0 Å². The number of phenolic OH excluding ortho intramolecular Hbond substituents is 1. The number of carbonyl (C=O) groups is 2. The van der Waals surface area contributed by atoms with Crippen molar-refractivity contribution in [1.82, 2.24) is 10.2 Å². The third-order valence-electron chi connectivity index (χ3n) is 4.28. The first-order valence-electron chi connectivity index (χ1n) is 8.35. The number of carbonyl (C=O) groups excluding carboxylic acids is 2. The van der Waals surface area contributed by atoms with Crippen molar-refractivity contribution in [2.24, 2.45) is 11.8 Å². The normalized spacial score (nSPS) is 19.2. The van der Waals surface area contributed by atoms with Crippen LogP contribution in [0.2, 0.25) is 0 Å². The minimum atomic E-state index is -0.000696. The number of amides is 2. The number of nitrogens with one attached hydrogen (secondary N) is 1. The summed E-state index contributed by atoms with van der Waals surface area (Å²) in [6.07, 6.45) is 2.10. The summed E-state index contributed by atoms with van der Waals surface area (Å²) < 4.78 is 0. The fourth-order valence-corrected chi connectivity index (χ4v) is 2.68. The average molecular weight is 318 g/mol. The van der Waals surface area contributed by atoms with Gasteiger partial charge in [-0.05, 0) is 24.8 Å². The molecule has 1 aromatic rings. The summed E-state index contributed by atoms with van der Waals surface area (Å²) in [6.45, 7) is 5.49. The summed E-state index contributed by atoms with van der Waals surface area (Å²) in [7, 11) is 0. The zero-order chi connectivity index (χ0) is 16.8. The van der Waals surface area contributed by atoms with Gasteiger partial charge in [0.15, 0.2) is 0 Å². The fraction of sp³-hybridized carbons (Fsp3) is 0.556. The zero-order valence-corrected chi connectivity index (χ0v) is 13.9. The Labute approximate surface area is 137 Å². The average Bonchev–Trinajstić information content (AvgIpc) is 3.25. The highest BCUT2D eigenvalue weighted by molar-refractivity contribution is 5.82. The Hall–Kier alpha value is -2.04. The molecule has 0 radical (unpaired) electrons. The molecule has 0 aliphatic heterocycles. The highest BCUT2D eigenvalue weighted by atomic mass is 16.3. The third-order valence-corrected chi connectivity index (χ3v) is 4.28. The third kappa shape index (κ3) is 4.98. The highest BCUT2D eigenvalue weighted by Crippen LogP contribution is 2.37. The number of aromatic hydroxyl groups is 1. The van der Waals surface area contributed by atoms with Gasteiger partial charge < -0.3 is 15.3 Å². The lowest BCUT2D eigenvalue weighted by atomic mass is 10.1. The van der Waals surface area contributed by atoms with Gasteiger partial charge in [0.05, 0.1) is 0 Å². The maximum Gasteiger partial charge on any atom is 0.224 e. The maximum atomic E-state index is 12.4. The number of hydrogen-bond acceptors (Lipinski definition) is 3. The van der Waals surface area contributed by atoms with E-state index < -0.39 is 0 Å². The molecule has 0 bridgehead atoms. The van der Waals surface area contributed by atoms with Gasteiger partial charge in [-0.15, -0.1) is 0 Å². The van der Waals surface area contributed by atoms with Crippen molar-refractivity contribution < 1.29 is 14.7 Å². The van der Waals surface area contributed by atoms with Gasteiger partial charge in [0, 0.05) is 37.5 Å². The summed E-state index contributed by atoms with van der Waals surface area (Å²) in [5.41, 5.74) is 0.741. The van der Waals surface area contributed by atoms with Crippen molar-refractivity contribution in [3.05, 3.63) is 29.8 Å². The van der Waals surface area contributed by atoms with Crippen LogP contribution in [0.4, 0.5) is 0 Å². The highest BCUT2D eigenvalue weighted by Gasteiger charge is 2.38. The van der Waals surface area contributed by atoms with E-state index in [9.17, 15) is 14.7 Å². The SMILES string of the molecule is CCCN(Cc1ccccc1O)C(=O)CCNC(=O)[C@@H]1C[C@H]1C. The molecule has 5 heteroatoms. The molecule has 2 N–H and O–H groups in total. The molecule has 2 rings (SSSR count). The molecule has 1 aliphatic carbocycles. The van der Waals surface area contributed by atoms with Crippen LogP contribution < -0.4 is 5.32 Å². The molecule has 0 heterocycles. The van der Waals surface area contributed by atoms with E-state index >= 15 is 0 Å². The minimum absolute atomic E-state index is 0.000696. The van der Waals surface area contributed by atoms with E-state index in [2.05, 4.69) is 12.2 Å². The summed E-state index contributed by atoms with van der Waals surface area (Å²) >= 11 is 0. The van der Waals surface area contributed by atoms with E-state index in [-0.39, 0.29) is 23.5 Å². The minimum Gasteiger partial charge on any atom is -0.508 e. The maximum absolute atomic E-state index is 12.4. The molecule has 23 heavy (non-hydrogen) atoms. The number of nitrogens with zero attached hydrogens (tertiary/aromatic N) is 1. The second-order valence-corrected chi connectivity index (χ2v) is 6.30. The number of para-hydroxylation sites is 1. The zero-order valence-electron chi connectivity index (χ0n) is 13.9. The van der Waals surface area contributed by atoms with Crippen molar-refractivity contribution in [2.45, 2.75) is 39.7 Å². The van der Waals surface area contributed by atoms with Crippen LogP contribution in [0.15, 0.2) is 24.3 Å². The van der Waals surface area contributed by atoms with Gasteiger partial charge in [-0.25, -0.2) is 0 Å². The van der Waals surface area contributed by atoms with Crippen molar-refractivity contribution in [3.8, 4) is 5.75 Å². The summed E-state index contributed by atoms with van der Waals surface area (Å²) in [4.78, 5) is 25.9. The molecule has 2 amide bonds. The quantitative estimate of drug-likeness (QED) is 0.772. The van der Waals surface area contributed by atoms with E-state index in [1.165, 1.54) is 0 Å².